The van der Waals surface area contributed by atoms with E-state index in [-0.39, 0.29) is 0 Å². The van der Waals surface area contributed by atoms with Crippen LogP contribution in [0.2, 0.25) is 0 Å². The van der Waals surface area contributed by atoms with E-state index in [1.54, 1.807) is 6.33 Å². The van der Waals surface area contributed by atoms with Crippen molar-refractivity contribution in [3.8, 4) is 5.88 Å². The van der Waals surface area contributed by atoms with Gasteiger partial charge < -0.3 is 10.1 Å². The lowest BCUT2D eigenvalue weighted by atomic mass is 9.99. The van der Waals surface area contributed by atoms with Gasteiger partial charge in [0.25, 0.3) is 0 Å². The summed E-state index contributed by atoms with van der Waals surface area (Å²) >= 11 is 0. The van der Waals surface area contributed by atoms with Crippen LogP contribution in [-0.4, -0.2) is 46.6 Å². The summed E-state index contributed by atoms with van der Waals surface area (Å²) in [5.74, 6) is 1.56. The Balaban J connectivity index is 1.62. The second-order valence-electron chi connectivity index (χ2n) is 5.73. The number of nitrogens with zero attached hydrogens (tertiary/aromatic N) is 3. The number of rotatable bonds is 5. The fraction of sp³-hybridized carbons (Fsp3) is 0.733. The largest absolute Gasteiger partial charge is 0.478 e. The highest BCUT2D eigenvalue weighted by atomic mass is 16.5. The molecule has 0 radical (unpaired) electrons. The zero-order chi connectivity index (χ0) is 13.8. The predicted octanol–water partition coefficient (Wildman–Crippen LogP) is 2.30. The van der Waals surface area contributed by atoms with Crippen molar-refractivity contribution < 1.29 is 4.74 Å². The minimum absolute atomic E-state index is 0.518. The maximum Gasteiger partial charge on any atom is 0.218 e. The number of nitrogens with one attached hydrogen (secondary N) is 1. The Morgan fingerprint density at radius 2 is 2.25 bits per heavy atom. The summed E-state index contributed by atoms with van der Waals surface area (Å²) in [6, 6.07) is 3.11. The minimum Gasteiger partial charge on any atom is -0.478 e. The molecule has 3 rings (SSSR count). The van der Waals surface area contributed by atoms with Crippen LogP contribution in [0.15, 0.2) is 12.4 Å². The smallest absolute Gasteiger partial charge is 0.218 e. The van der Waals surface area contributed by atoms with Gasteiger partial charge >= 0.3 is 0 Å². The molecule has 0 saturated carbocycles. The lowest BCUT2D eigenvalue weighted by molar-refractivity contribution is 0.192. The molecule has 2 saturated heterocycles. The molecular weight excluding hydrogens is 252 g/mol. The third-order valence-corrected chi connectivity index (χ3v) is 4.29. The van der Waals surface area contributed by atoms with Crippen molar-refractivity contribution in [1.82, 2.24) is 14.9 Å². The van der Waals surface area contributed by atoms with Crippen LogP contribution in [0.1, 0.15) is 39.0 Å². The molecule has 0 spiro atoms. The van der Waals surface area contributed by atoms with Crippen LogP contribution in [0.25, 0.3) is 0 Å². The molecule has 0 amide bonds. The van der Waals surface area contributed by atoms with E-state index >= 15 is 0 Å². The van der Waals surface area contributed by atoms with E-state index in [0.717, 1.165) is 12.2 Å². The lowest BCUT2D eigenvalue weighted by Gasteiger charge is -2.32. The van der Waals surface area contributed by atoms with Gasteiger partial charge in [0.05, 0.1) is 6.61 Å². The Morgan fingerprint density at radius 3 is 3.15 bits per heavy atom. The number of anilines is 1. The van der Waals surface area contributed by atoms with Crippen LogP contribution < -0.4 is 10.1 Å². The van der Waals surface area contributed by atoms with E-state index in [2.05, 4.69) is 27.1 Å². The molecule has 20 heavy (non-hydrogen) atoms. The topological polar surface area (TPSA) is 50.3 Å². The van der Waals surface area contributed by atoms with Gasteiger partial charge in [-0.15, -0.1) is 0 Å². The monoisotopic (exact) mass is 276 g/mol. The third kappa shape index (κ3) is 3.03. The first kappa shape index (κ1) is 13.6. The van der Waals surface area contributed by atoms with Crippen LogP contribution in [0.3, 0.4) is 0 Å². The van der Waals surface area contributed by atoms with Gasteiger partial charge in [-0.2, -0.15) is 0 Å². The summed E-state index contributed by atoms with van der Waals surface area (Å²) in [7, 11) is 0. The summed E-state index contributed by atoms with van der Waals surface area (Å²) < 4.78 is 5.57. The highest BCUT2D eigenvalue weighted by Crippen LogP contribution is 2.29. The predicted molar refractivity (Wildman–Crippen MR) is 79.1 cm³/mol. The van der Waals surface area contributed by atoms with Gasteiger partial charge in [-0.3, -0.25) is 4.90 Å². The number of aromatic nitrogens is 2. The van der Waals surface area contributed by atoms with Crippen molar-refractivity contribution in [2.45, 2.75) is 51.1 Å². The zero-order valence-corrected chi connectivity index (χ0v) is 12.2. The van der Waals surface area contributed by atoms with Crippen molar-refractivity contribution >= 4 is 5.82 Å². The molecule has 2 fully saturated rings. The van der Waals surface area contributed by atoms with Gasteiger partial charge in [0.1, 0.15) is 12.1 Å². The summed E-state index contributed by atoms with van der Waals surface area (Å²) in [6.45, 7) is 5.27. The first-order valence-corrected chi connectivity index (χ1v) is 7.82. The number of ether oxygens (including phenoxy) is 1. The van der Waals surface area contributed by atoms with Crippen molar-refractivity contribution in [3.05, 3.63) is 12.4 Å². The lowest BCUT2D eigenvalue weighted by Crippen LogP contribution is -2.41. The third-order valence-electron chi connectivity index (χ3n) is 4.29. The summed E-state index contributed by atoms with van der Waals surface area (Å²) in [5, 5.41) is 3.58. The van der Waals surface area contributed by atoms with Crippen molar-refractivity contribution in [3.63, 3.8) is 0 Å². The number of hydrogen-bond acceptors (Lipinski definition) is 5. The maximum absolute atomic E-state index is 5.57. The molecule has 5 nitrogen and oxygen atoms in total. The van der Waals surface area contributed by atoms with Gasteiger partial charge in [0.2, 0.25) is 5.88 Å². The first-order chi connectivity index (χ1) is 9.86. The van der Waals surface area contributed by atoms with E-state index in [1.807, 2.05) is 6.07 Å². The molecule has 2 aliphatic heterocycles. The first-order valence-electron chi connectivity index (χ1n) is 7.82. The fourth-order valence-electron chi connectivity index (χ4n) is 3.31. The fourth-order valence-corrected chi connectivity index (χ4v) is 3.31. The standard InChI is InChI=1S/C15H24N4O/c1-2-9-20-15-10-14(16-11-17-15)18-12-6-8-19-7-4-3-5-13(12)19/h10-13H,2-9H2,1H3,(H,16,17,18). The normalized spacial score (nSPS) is 26.2. The number of fused-ring (bicyclic) bond motifs is 1. The Kier molecular flexibility index (Phi) is 4.35. The average molecular weight is 276 g/mol. The molecule has 2 atom stereocenters. The number of hydrogen-bond donors (Lipinski definition) is 1. The summed E-state index contributed by atoms with van der Waals surface area (Å²) in [5.41, 5.74) is 0. The highest BCUT2D eigenvalue weighted by molar-refractivity contribution is 5.39. The molecule has 5 heteroatoms. The SMILES string of the molecule is CCCOc1cc(NC2CCN3CCCCC23)ncn1. The number of piperidine rings is 1. The molecule has 3 heterocycles. The Labute approximate surface area is 120 Å². The van der Waals surface area contributed by atoms with Crippen LogP contribution in [-0.2, 0) is 0 Å². The molecule has 1 N–H and O–H groups in total. The average Bonchev–Trinajstić information content (AvgIpc) is 2.89. The van der Waals surface area contributed by atoms with Gasteiger partial charge in [0.15, 0.2) is 0 Å². The Hall–Kier alpha value is -1.36. The Bertz CT molecular complexity index is 440. The van der Waals surface area contributed by atoms with Crippen LogP contribution in [0, 0.1) is 0 Å². The van der Waals surface area contributed by atoms with Gasteiger partial charge in [-0.25, -0.2) is 9.97 Å². The van der Waals surface area contributed by atoms with Gasteiger partial charge in [0, 0.05) is 24.7 Å². The van der Waals surface area contributed by atoms with Crippen molar-refractivity contribution in [2.75, 3.05) is 25.0 Å². The van der Waals surface area contributed by atoms with E-state index in [0.29, 0.717) is 24.6 Å². The second-order valence-corrected chi connectivity index (χ2v) is 5.73. The van der Waals surface area contributed by atoms with E-state index in [1.165, 1.54) is 38.8 Å². The Morgan fingerprint density at radius 1 is 1.30 bits per heavy atom. The molecule has 0 bridgehead atoms. The van der Waals surface area contributed by atoms with Crippen LogP contribution >= 0.6 is 0 Å². The van der Waals surface area contributed by atoms with E-state index in [9.17, 15) is 0 Å². The molecule has 1 aromatic rings. The van der Waals surface area contributed by atoms with E-state index in [4.69, 9.17) is 4.74 Å². The van der Waals surface area contributed by atoms with Gasteiger partial charge in [-0.05, 0) is 32.2 Å². The second kappa shape index (κ2) is 6.39. The van der Waals surface area contributed by atoms with E-state index < -0.39 is 0 Å². The maximum atomic E-state index is 5.57. The molecule has 0 aliphatic carbocycles. The van der Waals surface area contributed by atoms with Crippen LogP contribution in [0.4, 0.5) is 5.82 Å². The van der Waals surface area contributed by atoms with Crippen molar-refractivity contribution in [2.24, 2.45) is 0 Å². The molecule has 110 valence electrons. The highest BCUT2D eigenvalue weighted by Gasteiger charge is 2.35. The summed E-state index contributed by atoms with van der Waals surface area (Å²) in [4.78, 5) is 11.1. The van der Waals surface area contributed by atoms with Crippen molar-refractivity contribution in [1.29, 1.82) is 0 Å². The summed E-state index contributed by atoms with van der Waals surface area (Å²) in [6.07, 6.45) is 7.80. The van der Waals surface area contributed by atoms with Gasteiger partial charge in [-0.1, -0.05) is 13.3 Å². The molecule has 2 aliphatic rings. The quantitative estimate of drug-likeness (QED) is 0.894. The molecular formula is C15H24N4O. The molecule has 0 aromatic carbocycles. The van der Waals surface area contributed by atoms with Crippen LogP contribution in [0.5, 0.6) is 5.88 Å². The molecule has 1 aromatic heterocycles. The minimum atomic E-state index is 0.518. The molecule has 2 unspecified atom stereocenters. The zero-order valence-electron chi connectivity index (χ0n) is 12.2.